The van der Waals surface area contributed by atoms with E-state index in [1.807, 2.05) is 16.7 Å². The van der Waals surface area contributed by atoms with Crippen molar-refractivity contribution in [1.82, 2.24) is 19.6 Å². The molecule has 4 aliphatic rings. The maximum Gasteiger partial charge on any atom is 0.345 e. The van der Waals surface area contributed by atoms with Gasteiger partial charge in [0.25, 0.3) is 5.91 Å². The van der Waals surface area contributed by atoms with Gasteiger partial charge >= 0.3 is 5.97 Å². The quantitative estimate of drug-likeness (QED) is 0.395. The van der Waals surface area contributed by atoms with Crippen molar-refractivity contribution in [2.45, 2.75) is 77.0 Å². The standard InChI is InChI=1S/C24H36N4O5S/c1-3-33-24(32)18-14-26(20-9-6-8-17(2)28(20)22(18)30)13-7-10-21(29)27-16-34-15-19(27)23(31)25-11-4-5-12-25/h14,17,19-20H,3-13,15-16H2,1-2H3/t17?,19-,20?/m0/s1. The molecular formula is C24H36N4O5S. The van der Waals surface area contributed by atoms with E-state index < -0.39 is 5.97 Å². The van der Waals surface area contributed by atoms with Gasteiger partial charge in [0.05, 0.1) is 12.5 Å². The highest BCUT2D eigenvalue weighted by Crippen LogP contribution is 2.32. The summed E-state index contributed by atoms with van der Waals surface area (Å²) in [5.41, 5.74) is 0.0605. The summed E-state index contributed by atoms with van der Waals surface area (Å²) < 4.78 is 5.12. The molecule has 4 heterocycles. The normalized spacial score (nSPS) is 27.1. The molecule has 3 amide bonds. The van der Waals surface area contributed by atoms with Gasteiger partial charge in [0.1, 0.15) is 17.8 Å². The average Bonchev–Trinajstić information content (AvgIpc) is 3.53. The molecule has 2 unspecified atom stereocenters. The van der Waals surface area contributed by atoms with Crippen LogP contribution in [0.4, 0.5) is 0 Å². The van der Waals surface area contributed by atoms with Crippen LogP contribution >= 0.6 is 11.8 Å². The number of nitrogens with zero attached hydrogens (tertiary/aromatic N) is 4. The largest absolute Gasteiger partial charge is 0.462 e. The van der Waals surface area contributed by atoms with Gasteiger partial charge in [-0.2, -0.15) is 0 Å². The van der Waals surface area contributed by atoms with E-state index in [9.17, 15) is 19.2 Å². The highest BCUT2D eigenvalue weighted by Gasteiger charge is 2.42. The minimum Gasteiger partial charge on any atom is -0.462 e. The summed E-state index contributed by atoms with van der Waals surface area (Å²) >= 11 is 1.63. The van der Waals surface area contributed by atoms with E-state index in [1.165, 1.54) is 0 Å². The first-order valence-corrected chi connectivity index (χ1v) is 13.7. The van der Waals surface area contributed by atoms with Crippen LogP contribution in [0.1, 0.15) is 58.8 Å². The van der Waals surface area contributed by atoms with Crippen molar-refractivity contribution in [3.8, 4) is 0 Å². The lowest BCUT2D eigenvalue weighted by Crippen LogP contribution is -2.59. The molecule has 188 valence electrons. The minimum absolute atomic E-state index is 0.000836. The number of likely N-dealkylation sites (tertiary alicyclic amines) is 1. The Balaban J connectivity index is 1.39. The van der Waals surface area contributed by atoms with Gasteiger partial charge in [0.15, 0.2) is 0 Å². The molecule has 3 atom stereocenters. The molecule has 3 fully saturated rings. The summed E-state index contributed by atoms with van der Waals surface area (Å²) in [5, 5.41) is 0. The highest BCUT2D eigenvalue weighted by molar-refractivity contribution is 7.99. The molecule has 0 bridgehead atoms. The molecule has 10 heteroatoms. The van der Waals surface area contributed by atoms with Gasteiger partial charge in [0, 0.05) is 44.0 Å². The molecule has 0 spiro atoms. The Morgan fingerprint density at radius 2 is 1.91 bits per heavy atom. The van der Waals surface area contributed by atoms with Crippen molar-refractivity contribution >= 4 is 35.5 Å². The Morgan fingerprint density at radius 3 is 2.65 bits per heavy atom. The molecule has 9 nitrogen and oxygen atoms in total. The molecule has 0 aromatic rings. The van der Waals surface area contributed by atoms with E-state index in [0.29, 0.717) is 31.0 Å². The van der Waals surface area contributed by atoms with E-state index >= 15 is 0 Å². The molecule has 0 N–H and O–H groups in total. The summed E-state index contributed by atoms with van der Waals surface area (Å²) in [6.45, 7) is 6.09. The van der Waals surface area contributed by atoms with Crippen LogP contribution in [0.25, 0.3) is 0 Å². The van der Waals surface area contributed by atoms with Gasteiger partial charge in [0.2, 0.25) is 11.8 Å². The third-order valence-corrected chi connectivity index (χ3v) is 8.24. The van der Waals surface area contributed by atoms with Crippen molar-refractivity contribution in [2.24, 2.45) is 0 Å². The van der Waals surface area contributed by atoms with Gasteiger partial charge in [-0.15, -0.1) is 11.8 Å². The fraction of sp³-hybridized carbons (Fsp3) is 0.750. The number of esters is 1. The van der Waals surface area contributed by atoms with Crippen molar-refractivity contribution in [3.63, 3.8) is 0 Å². The smallest absolute Gasteiger partial charge is 0.345 e. The predicted molar refractivity (Wildman–Crippen MR) is 128 cm³/mol. The Labute approximate surface area is 205 Å². The molecule has 4 rings (SSSR count). The molecule has 4 aliphatic heterocycles. The second-order valence-electron chi connectivity index (χ2n) is 9.49. The second-order valence-corrected chi connectivity index (χ2v) is 10.5. The summed E-state index contributed by atoms with van der Waals surface area (Å²) in [7, 11) is 0. The zero-order chi connectivity index (χ0) is 24.2. The molecule has 0 aromatic heterocycles. The van der Waals surface area contributed by atoms with Crippen molar-refractivity contribution < 1.29 is 23.9 Å². The Bertz CT molecular complexity index is 843. The first kappa shape index (κ1) is 24.9. The first-order chi connectivity index (χ1) is 16.4. The van der Waals surface area contributed by atoms with Gasteiger partial charge in [-0.05, 0) is 52.4 Å². The number of hydrogen-bond donors (Lipinski definition) is 0. The first-order valence-electron chi connectivity index (χ1n) is 12.6. The number of rotatable bonds is 7. The lowest BCUT2D eigenvalue weighted by Gasteiger charge is -2.48. The zero-order valence-corrected chi connectivity index (χ0v) is 21.1. The van der Waals surface area contributed by atoms with Crippen LogP contribution in [0.5, 0.6) is 0 Å². The molecule has 34 heavy (non-hydrogen) atoms. The van der Waals surface area contributed by atoms with E-state index in [-0.39, 0.29) is 48.2 Å². The maximum atomic E-state index is 13.0. The Kier molecular flexibility index (Phi) is 8.06. The summed E-state index contributed by atoms with van der Waals surface area (Å²) in [5.74, 6) is 0.443. The summed E-state index contributed by atoms with van der Waals surface area (Å²) in [6, 6.07) is -0.305. The Morgan fingerprint density at radius 1 is 1.15 bits per heavy atom. The average molecular weight is 493 g/mol. The van der Waals surface area contributed by atoms with Crippen LogP contribution in [-0.2, 0) is 23.9 Å². The molecular weight excluding hydrogens is 456 g/mol. The highest BCUT2D eigenvalue weighted by atomic mass is 32.2. The van der Waals surface area contributed by atoms with E-state index in [0.717, 1.165) is 45.2 Å². The third kappa shape index (κ3) is 5.06. The monoisotopic (exact) mass is 492 g/mol. The fourth-order valence-electron chi connectivity index (χ4n) is 5.44. The zero-order valence-electron chi connectivity index (χ0n) is 20.2. The minimum atomic E-state index is -0.595. The maximum absolute atomic E-state index is 13.0. The van der Waals surface area contributed by atoms with Crippen LogP contribution in [0, 0.1) is 0 Å². The number of thioether (sulfide) groups is 1. The number of hydrogen-bond acceptors (Lipinski definition) is 7. The van der Waals surface area contributed by atoms with Gasteiger partial charge < -0.3 is 24.3 Å². The van der Waals surface area contributed by atoms with E-state index in [2.05, 4.69) is 0 Å². The van der Waals surface area contributed by atoms with Crippen molar-refractivity contribution in [2.75, 3.05) is 37.9 Å². The van der Waals surface area contributed by atoms with Crippen LogP contribution < -0.4 is 0 Å². The van der Waals surface area contributed by atoms with Crippen LogP contribution in [-0.4, -0.2) is 99.4 Å². The van der Waals surface area contributed by atoms with Crippen molar-refractivity contribution in [3.05, 3.63) is 11.8 Å². The summed E-state index contributed by atoms with van der Waals surface area (Å²) in [6.07, 6.45) is 7.29. The Hall–Kier alpha value is -2.23. The molecule has 0 radical (unpaired) electrons. The third-order valence-electron chi connectivity index (χ3n) is 7.23. The molecule has 0 aromatic carbocycles. The van der Waals surface area contributed by atoms with Gasteiger partial charge in [-0.25, -0.2) is 4.79 Å². The van der Waals surface area contributed by atoms with E-state index in [1.54, 1.807) is 34.7 Å². The number of piperidine rings is 1. The number of ether oxygens (including phenoxy) is 1. The fourth-order valence-corrected chi connectivity index (χ4v) is 6.61. The number of carbonyl (C=O) groups excluding carboxylic acids is 4. The molecule has 3 saturated heterocycles. The van der Waals surface area contributed by atoms with Gasteiger partial charge in [-0.1, -0.05) is 0 Å². The number of carbonyl (C=O) groups is 4. The van der Waals surface area contributed by atoms with Crippen LogP contribution in [0.3, 0.4) is 0 Å². The van der Waals surface area contributed by atoms with Gasteiger partial charge in [-0.3, -0.25) is 14.4 Å². The van der Waals surface area contributed by atoms with Crippen LogP contribution in [0.2, 0.25) is 0 Å². The number of amides is 3. The predicted octanol–water partition coefficient (Wildman–Crippen LogP) is 1.78. The van der Waals surface area contributed by atoms with E-state index in [4.69, 9.17) is 4.74 Å². The topological polar surface area (TPSA) is 90.5 Å². The SMILES string of the molecule is CCOC(=O)C1=CN(CCCC(=O)N2CSC[C@H]2C(=O)N2CCCC2)C2CCCC(C)N2C1=O. The van der Waals surface area contributed by atoms with Crippen molar-refractivity contribution in [1.29, 1.82) is 0 Å². The van der Waals surface area contributed by atoms with Crippen LogP contribution in [0.15, 0.2) is 11.8 Å². The second kappa shape index (κ2) is 11.0. The summed E-state index contributed by atoms with van der Waals surface area (Å²) in [4.78, 5) is 58.8. The lowest BCUT2D eigenvalue weighted by molar-refractivity contribution is -0.149. The lowest BCUT2D eigenvalue weighted by atomic mass is 9.96. The molecule has 0 saturated carbocycles. The molecule has 0 aliphatic carbocycles. The number of fused-ring (bicyclic) bond motifs is 1.